The first-order valence-corrected chi connectivity index (χ1v) is 23.0. The predicted molar refractivity (Wildman–Crippen MR) is 231 cm³/mol. The second kappa shape index (κ2) is 21.2. The van der Waals surface area contributed by atoms with Crippen LogP contribution in [0.2, 0.25) is 0 Å². The molecule has 55 heavy (non-hydrogen) atoms. The van der Waals surface area contributed by atoms with Crippen molar-refractivity contribution in [2.24, 2.45) is 10.7 Å². The van der Waals surface area contributed by atoms with Crippen molar-refractivity contribution in [1.82, 2.24) is 10.6 Å². The monoisotopic (exact) mass is 839 g/mol. The number of halogens is 2. The van der Waals surface area contributed by atoms with Crippen LogP contribution < -0.4 is 59.0 Å². The average molecular weight is 841 g/mol. The number of ether oxygens (including phenoxy) is 1. The molecule has 5 aromatic carbocycles. The van der Waals surface area contributed by atoms with E-state index in [-0.39, 0.29) is 23.1 Å². The summed E-state index contributed by atoms with van der Waals surface area (Å²) in [6, 6.07) is 51.1. The van der Waals surface area contributed by atoms with Crippen LogP contribution in [0, 0.1) is 0 Å². The molecule has 6 rings (SSSR count). The zero-order valence-electron chi connectivity index (χ0n) is 31.8. The fraction of sp³-hybridized carbons (Fsp3) is 0.304. The predicted octanol–water partition coefficient (Wildman–Crippen LogP) is 4.45. The number of nitrogens with two attached hydrogens (primary N) is 1. The molecule has 0 saturated carbocycles. The molecule has 9 heteroatoms. The third-order valence-corrected chi connectivity index (χ3v) is 18.0. The van der Waals surface area contributed by atoms with E-state index in [0.717, 1.165) is 55.8 Å². The Morgan fingerprint density at radius 2 is 1.09 bits per heavy atom. The fourth-order valence-corrected chi connectivity index (χ4v) is 13.7. The van der Waals surface area contributed by atoms with Gasteiger partial charge in [0, 0.05) is 12.0 Å². The Kier molecular flexibility index (Phi) is 16.2. The molecule has 0 saturated heterocycles. The third kappa shape index (κ3) is 11.2. The zero-order chi connectivity index (χ0) is 37.3. The van der Waals surface area contributed by atoms with E-state index >= 15 is 0 Å². The van der Waals surface area contributed by atoms with Gasteiger partial charge in [0.05, 0.1) is 6.54 Å². The molecular formula is C46H56BrClN5OP. The Labute approximate surface area is 343 Å². The largest absolute Gasteiger partial charge is 1.00 e. The van der Waals surface area contributed by atoms with E-state index in [1.807, 2.05) is 18.2 Å². The quantitative estimate of drug-likeness (QED) is 0.0691. The van der Waals surface area contributed by atoms with Crippen LogP contribution in [0.4, 0.5) is 0 Å². The zero-order valence-corrected chi connectivity index (χ0v) is 35.0. The molecule has 0 aromatic heterocycles. The van der Waals surface area contributed by atoms with E-state index in [2.05, 4.69) is 148 Å². The van der Waals surface area contributed by atoms with Gasteiger partial charge in [-0.25, -0.2) is 5.32 Å². The van der Waals surface area contributed by atoms with Crippen molar-refractivity contribution in [3.05, 3.63) is 157 Å². The molecule has 1 heterocycles. The minimum atomic E-state index is -3.15. The first kappa shape index (κ1) is 42.0. The molecule has 5 aromatic rings. The van der Waals surface area contributed by atoms with Crippen LogP contribution in [0.3, 0.4) is 0 Å². The summed E-state index contributed by atoms with van der Waals surface area (Å²) >= 11 is 8.22. The summed E-state index contributed by atoms with van der Waals surface area (Å²) in [7, 11) is 0. The van der Waals surface area contributed by atoms with E-state index in [1.165, 1.54) is 66.4 Å². The van der Waals surface area contributed by atoms with Crippen molar-refractivity contribution in [2.45, 2.75) is 70.4 Å². The maximum absolute atomic E-state index is 8.22. The number of guanidine groups is 2. The smallest absolute Gasteiger partial charge is 0.352 e. The number of hydrogen-bond donors (Lipinski definition) is 4. The summed E-state index contributed by atoms with van der Waals surface area (Å²) in [5.41, 5.74) is 8.42. The van der Waals surface area contributed by atoms with Gasteiger partial charge in [-0.1, -0.05) is 30.3 Å². The van der Waals surface area contributed by atoms with Crippen LogP contribution in [-0.2, 0) is 6.42 Å². The van der Waals surface area contributed by atoms with Crippen LogP contribution in [0.5, 0.6) is 5.75 Å². The van der Waals surface area contributed by atoms with Crippen molar-refractivity contribution >= 4 is 45.0 Å². The molecule has 0 aliphatic carbocycles. The molecule has 0 spiro atoms. The molecule has 1 atom stereocenters. The average Bonchev–Trinajstić information content (AvgIpc) is 3.22. The number of rotatable bonds is 20. The number of aliphatic imine (C=N–C) groups is 1. The number of nitrogens with zero attached hydrogens (tertiary/aromatic N) is 1. The van der Waals surface area contributed by atoms with Crippen molar-refractivity contribution < 1.29 is 26.7 Å². The second-order valence-corrected chi connectivity index (χ2v) is 20.8. The topological polar surface area (TPSA) is 85.6 Å². The Balaban J connectivity index is 0.00000580. The minimum Gasteiger partial charge on any atom is -1.00 e. The Morgan fingerprint density at radius 1 is 0.618 bits per heavy atom. The molecule has 1 aliphatic rings. The van der Waals surface area contributed by atoms with Gasteiger partial charge < -0.3 is 22.7 Å². The van der Waals surface area contributed by atoms with Gasteiger partial charge in [-0.2, -0.15) is 4.99 Å². The fourth-order valence-electron chi connectivity index (χ4n) is 7.47. The van der Waals surface area contributed by atoms with Crippen molar-refractivity contribution in [3.8, 4) is 5.75 Å². The van der Waals surface area contributed by atoms with Gasteiger partial charge in [0.15, 0.2) is 6.17 Å². The summed E-state index contributed by atoms with van der Waals surface area (Å²) in [5.74, 6) is -1.11. The molecule has 5 N–H and O–H groups in total. The summed E-state index contributed by atoms with van der Waals surface area (Å²) in [5, 5.41) is 10.3. The molecule has 0 fully saturated rings. The van der Waals surface area contributed by atoms with E-state index in [4.69, 9.17) is 21.7 Å². The molecule has 6 nitrogen and oxygen atoms in total. The van der Waals surface area contributed by atoms with Gasteiger partial charge in [-0.3, -0.25) is 10.3 Å². The van der Waals surface area contributed by atoms with E-state index in [9.17, 15) is 0 Å². The van der Waals surface area contributed by atoms with Gasteiger partial charge in [0.25, 0.3) is 5.96 Å². The van der Waals surface area contributed by atoms with Crippen LogP contribution in [0.15, 0.2) is 151 Å². The van der Waals surface area contributed by atoms with Crippen LogP contribution in [-0.4, -0.2) is 31.2 Å². The number of hydrogen-bond acceptors (Lipinski definition) is 3. The Morgan fingerprint density at radius 3 is 1.62 bits per heavy atom. The summed E-state index contributed by atoms with van der Waals surface area (Å²) in [4.78, 5) is 7.95. The van der Waals surface area contributed by atoms with Crippen LogP contribution in [0.1, 0.15) is 75.1 Å². The summed E-state index contributed by atoms with van der Waals surface area (Å²) in [6.45, 7) is 1.51. The van der Waals surface area contributed by atoms with Gasteiger partial charge in [-0.05, 0) is 29.8 Å². The standard InChI is InChI=1S/C46H55ClN5OP.BrH/c47-54(41-24-14-9-15-25-41,42-26-16-10-17-27-42,43-28-18-11-19-29-43)37-21-7-5-3-1-2-4-6-20-36-53-40-32-30-39(31-33-40)44-50-45(48)52-46(51-44)49-35-34-38-22-12-8-13-23-38;/h8-19,22-33,44H,1-7,20-21,34-37H2,(H4,48,49,50,51,52);1H. The first-order valence-electron chi connectivity index (χ1n) is 19.7. The molecule has 290 valence electrons. The first-order chi connectivity index (χ1) is 26.5. The number of nitrogens with one attached hydrogen (secondary N) is 3. The second-order valence-electron chi connectivity index (χ2n) is 14.2. The summed E-state index contributed by atoms with van der Waals surface area (Å²) in [6.07, 6.45) is 12.5. The molecule has 0 amide bonds. The molecule has 1 unspecified atom stereocenters. The molecule has 1 aliphatic heterocycles. The van der Waals surface area contributed by atoms with E-state index < -0.39 is 5.96 Å². The maximum Gasteiger partial charge on any atom is 0.352 e. The van der Waals surface area contributed by atoms with Crippen LogP contribution in [0.25, 0.3) is 0 Å². The van der Waals surface area contributed by atoms with Crippen molar-refractivity contribution in [1.29, 1.82) is 0 Å². The van der Waals surface area contributed by atoms with Gasteiger partial charge in [0.1, 0.15) is 5.75 Å². The number of unbranched alkanes of at least 4 members (excludes halogenated alkanes) is 8. The molecular weight excluding hydrogens is 785 g/mol. The molecule has 0 radical (unpaired) electrons. The van der Waals surface area contributed by atoms with E-state index in [0.29, 0.717) is 5.96 Å². The van der Waals surface area contributed by atoms with Crippen molar-refractivity contribution in [3.63, 3.8) is 0 Å². The Hall–Kier alpha value is -4.16. The number of benzene rings is 5. The summed E-state index contributed by atoms with van der Waals surface area (Å²) < 4.78 is 6.07. The van der Waals surface area contributed by atoms with Gasteiger partial charge in [0.2, 0.25) is 0 Å². The molecule has 0 bridgehead atoms. The van der Waals surface area contributed by atoms with E-state index in [1.54, 1.807) is 0 Å². The van der Waals surface area contributed by atoms with Gasteiger partial charge in [-0.15, -0.1) is 0 Å². The van der Waals surface area contributed by atoms with Crippen LogP contribution >= 0.6 is 17.2 Å². The maximum atomic E-state index is 8.22. The Bertz CT molecular complexity index is 1820. The minimum absolute atomic E-state index is 0. The normalized spacial score (nSPS) is 15.4. The van der Waals surface area contributed by atoms with Gasteiger partial charge >= 0.3 is 205 Å². The van der Waals surface area contributed by atoms with Crippen molar-refractivity contribution in [2.75, 3.05) is 19.3 Å². The SMILES string of the molecule is NC1=NC(c2ccc(OCCCCCCCCCCCP(Cl)(c3ccccc3)(c3ccccc3)c3ccccc3)cc2)NC(=[NH+]CCc2ccccc2)N1.[Br-]. The third-order valence-electron chi connectivity index (χ3n) is 10.4.